The number of halogens is 1. The summed E-state index contributed by atoms with van der Waals surface area (Å²) in [6.07, 6.45) is 5.31. The number of rotatable bonds is 4. The maximum atomic E-state index is 6.02. The molecule has 0 saturated heterocycles. The molecule has 1 aliphatic carbocycles. The number of hydrogen-bond acceptors (Lipinski definition) is 2. The molecule has 2 N–H and O–H groups in total. The van der Waals surface area contributed by atoms with Gasteiger partial charge in [-0.05, 0) is 30.5 Å². The van der Waals surface area contributed by atoms with E-state index in [2.05, 4.69) is 0 Å². The molecule has 0 aromatic heterocycles. The van der Waals surface area contributed by atoms with Crippen LogP contribution in [0.4, 0.5) is 0 Å². The van der Waals surface area contributed by atoms with Crippen LogP contribution in [0.1, 0.15) is 37.4 Å². The van der Waals surface area contributed by atoms with Crippen molar-refractivity contribution in [2.75, 3.05) is 6.54 Å². The van der Waals surface area contributed by atoms with Gasteiger partial charge in [0.2, 0.25) is 0 Å². The minimum Gasteiger partial charge on any atom is -0.369 e. The van der Waals surface area contributed by atoms with Gasteiger partial charge in [0.25, 0.3) is 0 Å². The first-order valence-electron chi connectivity index (χ1n) is 5.90. The van der Waals surface area contributed by atoms with E-state index in [1.807, 2.05) is 24.3 Å². The van der Waals surface area contributed by atoms with Crippen molar-refractivity contribution in [3.63, 3.8) is 0 Å². The topological polar surface area (TPSA) is 35.2 Å². The second-order valence-corrected chi connectivity index (χ2v) is 4.75. The third-order valence-corrected chi connectivity index (χ3v) is 3.37. The molecule has 0 amide bonds. The predicted molar refractivity (Wildman–Crippen MR) is 66.6 cm³/mol. The van der Waals surface area contributed by atoms with Crippen LogP contribution in [0.5, 0.6) is 0 Å². The Morgan fingerprint density at radius 2 is 1.88 bits per heavy atom. The molecule has 16 heavy (non-hydrogen) atoms. The van der Waals surface area contributed by atoms with E-state index in [1.165, 1.54) is 25.7 Å². The van der Waals surface area contributed by atoms with E-state index in [1.54, 1.807) is 0 Å². The van der Waals surface area contributed by atoms with Crippen molar-refractivity contribution in [2.45, 2.75) is 37.9 Å². The Bertz CT molecular complexity index is 319. The predicted octanol–water partition coefficient (Wildman–Crippen LogP) is 3.30. The molecule has 0 radical (unpaired) electrons. The van der Waals surface area contributed by atoms with Gasteiger partial charge in [-0.3, -0.25) is 0 Å². The standard InChI is InChI=1S/C13H18ClNO/c14-11-7-5-10(6-8-11)13(9-15)16-12-3-1-2-4-12/h5-8,12-13H,1-4,9,15H2. The highest BCUT2D eigenvalue weighted by Crippen LogP contribution is 2.27. The lowest BCUT2D eigenvalue weighted by molar-refractivity contribution is -0.00436. The van der Waals surface area contributed by atoms with E-state index < -0.39 is 0 Å². The molecule has 0 bridgehead atoms. The summed E-state index contributed by atoms with van der Waals surface area (Å²) in [5.41, 5.74) is 6.89. The van der Waals surface area contributed by atoms with Gasteiger partial charge in [0.05, 0.1) is 12.2 Å². The summed E-state index contributed by atoms with van der Waals surface area (Å²) in [7, 11) is 0. The third kappa shape index (κ3) is 2.97. The number of nitrogens with two attached hydrogens (primary N) is 1. The Hall–Kier alpha value is -0.570. The minimum absolute atomic E-state index is 0.0142. The van der Waals surface area contributed by atoms with Gasteiger partial charge >= 0.3 is 0 Å². The fourth-order valence-corrected chi connectivity index (χ4v) is 2.33. The molecule has 1 atom stereocenters. The third-order valence-electron chi connectivity index (χ3n) is 3.11. The van der Waals surface area contributed by atoms with Crippen molar-refractivity contribution in [1.29, 1.82) is 0 Å². The SMILES string of the molecule is NCC(OC1CCCC1)c1ccc(Cl)cc1. The largest absolute Gasteiger partial charge is 0.369 e. The van der Waals surface area contributed by atoms with Gasteiger partial charge in [-0.1, -0.05) is 36.6 Å². The van der Waals surface area contributed by atoms with Gasteiger partial charge in [0.1, 0.15) is 0 Å². The van der Waals surface area contributed by atoms with Gasteiger partial charge in [-0.2, -0.15) is 0 Å². The second kappa shape index (κ2) is 5.67. The molecule has 0 spiro atoms. The van der Waals surface area contributed by atoms with Gasteiger partial charge in [-0.25, -0.2) is 0 Å². The van der Waals surface area contributed by atoms with Crippen LogP contribution in [-0.2, 0) is 4.74 Å². The highest BCUT2D eigenvalue weighted by molar-refractivity contribution is 6.30. The lowest BCUT2D eigenvalue weighted by Gasteiger charge is -2.21. The van der Waals surface area contributed by atoms with Crippen molar-refractivity contribution in [3.05, 3.63) is 34.9 Å². The van der Waals surface area contributed by atoms with E-state index in [0.717, 1.165) is 10.6 Å². The maximum absolute atomic E-state index is 6.02. The zero-order chi connectivity index (χ0) is 11.4. The monoisotopic (exact) mass is 239 g/mol. The Morgan fingerprint density at radius 3 is 2.44 bits per heavy atom. The van der Waals surface area contributed by atoms with E-state index in [0.29, 0.717) is 12.6 Å². The summed E-state index contributed by atoms with van der Waals surface area (Å²) in [4.78, 5) is 0. The molecule has 1 saturated carbocycles. The smallest absolute Gasteiger partial charge is 0.0950 e. The number of hydrogen-bond donors (Lipinski definition) is 1. The van der Waals surface area contributed by atoms with Crippen molar-refractivity contribution >= 4 is 11.6 Å². The lowest BCUT2D eigenvalue weighted by atomic mass is 10.1. The molecule has 2 rings (SSSR count). The molecule has 2 nitrogen and oxygen atoms in total. The molecule has 3 heteroatoms. The molecule has 0 heterocycles. The highest BCUT2D eigenvalue weighted by atomic mass is 35.5. The van der Waals surface area contributed by atoms with Crippen molar-refractivity contribution in [3.8, 4) is 0 Å². The van der Waals surface area contributed by atoms with Crippen LogP contribution >= 0.6 is 11.6 Å². The quantitative estimate of drug-likeness (QED) is 0.875. The summed E-state index contributed by atoms with van der Waals surface area (Å²) >= 11 is 5.86. The minimum atomic E-state index is 0.0142. The average molecular weight is 240 g/mol. The molecule has 1 fully saturated rings. The second-order valence-electron chi connectivity index (χ2n) is 4.32. The molecule has 1 aromatic carbocycles. The summed E-state index contributed by atoms with van der Waals surface area (Å²) in [5, 5.41) is 0.750. The van der Waals surface area contributed by atoms with Crippen molar-refractivity contribution < 1.29 is 4.74 Å². The van der Waals surface area contributed by atoms with Crippen molar-refractivity contribution in [1.82, 2.24) is 0 Å². The Kier molecular flexibility index (Phi) is 4.22. The molecular formula is C13H18ClNO. The maximum Gasteiger partial charge on any atom is 0.0950 e. The molecule has 0 aliphatic heterocycles. The average Bonchev–Trinajstić information content (AvgIpc) is 2.80. The Balaban J connectivity index is 2.00. The first-order valence-corrected chi connectivity index (χ1v) is 6.28. The fraction of sp³-hybridized carbons (Fsp3) is 0.538. The Labute approximate surface area is 102 Å². The van der Waals surface area contributed by atoms with Crippen LogP contribution in [0.2, 0.25) is 5.02 Å². The van der Waals surface area contributed by atoms with Crippen LogP contribution < -0.4 is 5.73 Å². The van der Waals surface area contributed by atoms with Gasteiger partial charge < -0.3 is 10.5 Å². The molecule has 1 unspecified atom stereocenters. The highest BCUT2D eigenvalue weighted by Gasteiger charge is 2.20. The van der Waals surface area contributed by atoms with Gasteiger partial charge in [0, 0.05) is 11.6 Å². The summed E-state index contributed by atoms with van der Waals surface area (Å²) in [5.74, 6) is 0. The zero-order valence-corrected chi connectivity index (χ0v) is 10.1. The molecule has 1 aromatic rings. The van der Waals surface area contributed by atoms with Crippen LogP contribution in [0.15, 0.2) is 24.3 Å². The van der Waals surface area contributed by atoms with E-state index in [9.17, 15) is 0 Å². The van der Waals surface area contributed by atoms with E-state index in [4.69, 9.17) is 22.1 Å². The molecular weight excluding hydrogens is 222 g/mol. The normalized spacial score (nSPS) is 18.9. The Morgan fingerprint density at radius 1 is 1.25 bits per heavy atom. The van der Waals surface area contributed by atoms with E-state index >= 15 is 0 Å². The van der Waals surface area contributed by atoms with E-state index in [-0.39, 0.29) is 6.10 Å². The summed E-state index contributed by atoms with van der Waals surface area (Å²) in [6.45, 7) is 0.526. The summed E-state index contributed by atoms with van der Waals surface area (Å²) < 4.78 is 6.02. The van der Waals surface area contributed by atoms with Crippen LogP contribution in [0, 0.1) is 0 Å². The van der Waals surface area contributed by atoms with Crippen molar-refractivity contribution in [2.24, 2.45) is 5.73 Å². The van der Waals surface area contributed by atoms with Crippen LogP contribution in [-0.4, -0.2) is 12.6 Å². The van der Waals surface area contributed by atoms with Crippen LogP contribution in [0.3, 0.4) is 0 Å². The number of benzene rings is 1. The molecule has 88 valence electrons. The van der Waals surface area contributed by atoms with Gasteiger partial charge in [0.15, 0.2) is 0 Å². The van der Waals surface area contributed by atoms with Gasteiger partial charge in [-0.15, -0.1) is 0 Å². The number of ether oxygens (including phenoxy) is 1. The first-order chi connectivity index (χ1) is 7.79. The molecule has 1 aliphatic rings. The lowest BCUT2D eigenvalue weighted by Crippen LogP contribution is -2.20. The first kappa shape index (κ1) is 11.9. The zero-order valence-electron chi connectivity index (χ0n) is 9.36. The fourth-order valence-electron chi connectivity index (χ4n) is 2.20. The van der Waals surface area contributed by atoms with Crippen LogP contribution in [0.25, 0.3) is 0 Å². The summed E-state index contributed by atoms with van der Waals surface area (Å²) in [6, 6.07) is 7.76.